The van der Waals surface area contributed by atoms with E-state index in [-0.39, 0.29) is 6.04 Å². The molecule has 104 valence electrons. The summed E-state index contributed by atoms with van der Waals surface area (Å²) in [7, 11) is 0. The van der Waals surface area contributed by atoms with Gasteiger partial charge in [0.2, 0.25) is 0 Å². The van der Waals surface area contributed by atoms with Crippen molar-refractivity contribution in [1.29, 1.82) is 0 Å². The normalized spacial score (nSPS) is 15.1. The maximum absolute atomic E-state index is 6.56. The average molecular weight is 274 g/mol. The molecule has 1 unspecified atom stereocenters. The lowest BCUT2D eigenvalue weighted by Crippen LogP contribution is -2.12. The first-order chi connectivity index (χ1) is 10.3. The Hall–Kier alpha value is -2.19. The number of pyridine rings is 1. The summed E-state index contributed by atoms with van der Waals surface area (Å²) in [6.07, 6.45) is 7.41. The monoisotopic (exact) mass is 274 g/mol. The summed E-state index contributed by atoms with van der Waals surface area (Å²) >= 11 is 0. The molecule has 4 rings (SSSR count). The second-order valence-electron chi connectivity index (χ2n) is 5.80. The van der Waals surface area contributed by atoms with Crippen molar-refractivity contribution in [3.05, 3.63) is 77.1 Å². The second-order valence-corrected chi connectivity index (χ2v) is 5.80. The molecule has 0 aliphatic heterocycles. The first kappa shape index (κ1) is 12.5. The maximum atomic E-state index is 6.56. The van der Waals surface area contributed by atoms with Crippen LogP contribution < -0.4 is 5.73 Å². The predicted octanol–water partition coefficient (Wildman–Crippen LogP) is 3.77. The molecule has 0 amide bonds. The van der Waals surface area contributed by atoms with Crippen molar-refractivity contribution >= 4 is 10.8 Å². The number of fused-ring (bicyclic) bond motifs is 2. The fourth-order valence-corrected chi connectivity index (χ4v) is 3.38. The van der Waals surface area contributed by atoms with Crippen LogP contribution in [0.5, 0.6) is 0 Å². The van der Waals surface area contributed by atoms with Gasteiger partial charge < -0.3 is 5.73 Å². The molecule has 21 heavy (non-hydrogen) atoms. The van der Waals surface area contributed by atoms with E-state index < -0.39 is 0 Å². The van der Waals surface area contributed by atoms with Crippen molar-refractivity contribution in [2.24, 2.45) is 5.73 Å². The molecule has 2 nitrogen and oxygen atoms in total. The Labute approximate surface area is 124 Å². The Kier molecular flexibility index (Phi) is 2.97. The highest BCUT2D eigenvalue weighted by Gasteiger charge is 2.16. The zero-order valence-electron chi connectivity index (χ0n) is 11.9. The molecule has 2 N–H and O–H groups in total. The molecule has 1 aliphatic carbocycles. The largest absolute Gasteiger partial charge is 0.320 e. The van der Waals surface area contributed by atoms with Crippen LogP contribution in [0.4, 0.5) is 0 Å². The molecule has 0 fully saturated rings. The molecular formula is C19H18N2. The molecule has 2 aromatic carbocycles. The predicted molar refractivity (Wildman–Crippen MR) is 86.2 cm³/mol. The average Bonchev–Trinajstić information content (AvgIpc) is 3.01. The van der Waals surface area contributed by atoms with E-state index in [1.54, 1.807) is 0 Å². The topological polar surface area (TPSA) is 38.9 Å². The Morgan fingerprint density at radius 3 is 2.86 bits per heavy atom. The second kappa shape index (κ2) is 4.97. The summed E-state index contributed by atoms with van der Waals surface area (Å²) in [6.45, 7) is 0. The van der Waals surface area contributed by atoms with Gasteiger partial charge in [-0.1, -0.05) is 36.4 Å². The van der Waals surface area contributed by atoms with Crippen molar-refractivity contribution < 1.29 is 0 Å². The number of nitrogens with two attached hydrogens (primary N) is 1. The van der Waals surface area contributed by atoms with E-state index in [0.717, 1.165) is 5.39 Å². The van der Waals surface area contributed by atoms with Crippen molar-refractivity contribution in [2.75, 3.05) is 0 Å². The highest BCUT2D eigenvalue weighted by molar-refractivity contribution is 5.85. The highest BCUT2D eigenvalue weighted by Crippen LogP contribution is 2.30. The van der Waals surface area contributed by atoms with Crippen LogP contribution in [0, 0.1) is 0 Å². The van der Waals surface area contributed by atoms with Crippen LogP contribution in [-0.4, -0.2) is 4.98 Å². The number of benzene rings is 2. The number of hydrogen-bond acceptors (Lipinski definition) is 2. The van der Waals surface area contributed by atoms with Gasteiger partial charge >= 0.3 is 0 Å². The Morgan fingerprint density at radius 1 is 1.00 bits per heavy atom. The lowest BCUT2D eigenvalue weighted by Gasteiger charge is -2.16. The van der Waals surface area contributed by atoms with Gasteiger partial charge in [-0.15, -0.1) is 0 Å². The van der Waals surface area contributed by atoms with Crippen LogP contribution in [0.3, 0.4) is 0 Å². The van der Waals surface area contributed by atoms with Crippen molar-refractivity contribution in [1.82, 2.24) is 4.98 Å². The Bertz CT molecular complexity index is 802. The number of nitrogens with zero attached hydrogens (tertiary/aromatic N) is 1. The molecule has 1 heterocycles. The number of rotatable bonds is 2. The standard InChI is InChI=1S/C19H18N2/c20-19(15-8-7-13-3-1-4-14(13)11-15)18-6-2-5-16-12-21-10-9-17(16)18/h2,5-12,19H,1,3-4,20H2. The van der Waals surface area contributed by atoms with Crippen LogP contribution in [0.25, 0.3) is 10.8 Å². The van der Waals surface area contributed by atoms with Gasteiger partial charge in [0.1, 0.15) is 0 Å². The minimum atomic E-state index is -0.0815. The smallest absolute Gasteiger partial charge is 0.0557 e. The SMILES string of the molecule is NC(c1ccc2c(c1)CCC2)c1cccc2cnccc12. The van der Waals surface area contributed by atoms with Crippen LogP contribution in [-0.2, 0) is 12.8 Å². The van der Waals surface area contributed by atoms with E-state index in [0.29, 0.717) is 0 Å². The van der Waals surface area contributed by atoms with Gasteiger partial charge in [-0.3, -0.25) is 4.98 Å². The number of aromatic nitrogens is 1. The molecule has 0 spiro atoms. The molecule has 0 bridgehead atoms. The molecule has 0 saturated carbocycles. The zero-order chi connectivity index (χ0) is 14.2. The van der Waals surface area contributed by atoms with Crippen molar-refractivity contribution in [3.8, 4) is 0 Å². The molecule has 1 aliphatic rings. The molecule has 3 aromatic rings. The molecule has 1 aromatic heterocycles. The quantitative estimate of drug-likeness (QED) is 0.772. The third-order valence-electron chi connectivity index (χ3n) is 4.53. The summed E-state index contributed by atoms with van der Waals surface area (Å²) in [5.41, 5.74) is 11.9. The molecule has 1 atom stereocenters. The van der Waals surface area contributed by atoms with Gasteiger partial charge in [0.05, 0.1) is 6.04 Å². The molecular weight excluding hydrogens is 256 g/mol. The maximum Gasteiger partial charge on any atom is 0.0557 e. The minimum Gasteiger partial charge on any atom is -0.320 e. The zero-order valence-corrected chi connectivity index (χ0v) is 11.9. The van der Waals surface area contributed by atoms with Gasteiger partial charge in [0.25, 0.3) is 0 Å². The van der Waals surface area contributed by atoms with Crippen LogP contribution in [0.2, 0.25) is 0 Å². The lowest BCUT2D eigenvalue weighted by molar-refractivity contribution is 0.875. The summed E-state index contributed by atoms with van der Waals surface area (Å²) < 4.78 is 0. The van der Waals surface area contributed by atoms with Gasteiger partial charge in [0.15, 0.2) is 0 Å². The van der Waals surface area contributed by atoms with Gasteiger partial charge in [-0.2, -0.15) is 0 Å². The lowest BCUT2D eigenvalue weighted by atomic mass is 9.93. The fourth-order valence-electron chi connectivity index (χ4n) is 3.38. The number of hydrogen-bond donors (Lipinski definition) is 1. The minimum absolute atomic E-state index is 0.0815. The van der Waals surface area contributed by atoms with E-state index in [1.807, 2.05) is 12.4 Å². The van der Waals surface area contributed by atoms with Crippen molar-refractivity contribution in [3.63, 3.8) is 0 Å². The van der Waals surface area contributed by atoms with E-state index in [2.05, 4.69) is 47.4 Å². The fraction of sp³-hybridized carbons (Fsp3) is 0.211. The van der Waals surface area contributed by atoms with Crippen molar-refractivity contribution in [2.45, 2.75) is 25.3 Å². The first-order valence-electron chi connectivity index (χ1n) is 7.53. The third kappa shape index (κ3) is 2.12. The Balaban J connectivity index is 1.81. The number of aryl methyl sites for hydroxylation is 2. The summed E-state index contributed by atoms with van der Waals surface area (Å²) in [6, 6.07) is 15.0. The third-order valence-corrected chi connectivity index (χ3v) is 4.53. The van der Waals surface area contributed by atoms with E-state index in [9.17, 15) is 0 Å². The van der Waals surface area contributed by atoms with Crippen LogP contribution in [0.1, 0.15) is 34.7 Å². The Morgan fingerprint density at radius 2 is 1.90 bits per heavy atom. The van der Waals surface area contributed by atoms with E-state index in [4.69, 9.17) is 5.73 Å². The van der Waals surface area contributed by atoms with E-state index >= 15 is 0 Å². The van der Waals surface area contributed by atoms with E-state index in [1.165, 1.54) is 46.9 Å². The van der Waals surface area contributed by atoms with Gasteiger partial charge in [0, 0.05) is 17.8 Å². The first-order valence-corrected chi connectivity index (χ1v) is 7.53. The van der Waals surface area contributed by atoms with Gasteiger partial charge in [-0.05, 0) is 53.0 Å². The van der Waals surface area contributed by atoms with Crippen LogP contribution in [0.15, 0.2) is 54.9 Å². The molecule has 2 heteroatoms. The van der Waals surface area contributed by atoms with Crippen LogP contribution >= 0.6 is 0 Å². The summed E-state index contributed by atoms with van der Waals surface area (Å²) in [4.78, 5) is 4.19. The summed E-state index contributed by atoms with van der Waals surface area (Å²) in [5, 5.41) is 2.34. The molecule has 0 saturated heterocycles. The highest BCUT2D eigenvalue weighted by atomic mass is 14.6. The summed E-state index contributed by atoms with van der Waals surface area (Å²) in [5.74, 6) is 0. The molecule has 0 radical (unpaired) electrons. The van der Waals surface area contributed by atoms with Gasteiger partial charge in [-0.25, -0.2) is 0 Å².